The van der Waals surface area contributed by atoms with Gasteiger partial charge in [0.2, 0.25) is 5.91 Å². The van der Waals surface area contributed by atoms with Crippen molar-refractivity contribution in [2.45, 2.75) is 31.2 Å². The summed E-state index contributed by atoms with van der Waals surface area (Å²) in [5, 5.41) is 12.0. The first-order valence-electron chi connectivity index (χ1n) is 9.96. The average molecular weight is 465 g/mol. The van der Waals surface area contributed by atoms with Gasteiger partial charge in [0.15, 0.2) is 16.1 Å². The Morgan fingerprint density at radius 2 is 1.88 bits per heavy atom. The lowest BCUT2D eigenvalue weighted by atomic mass is 10.1. The van der Waals surface area contributed by atoms with Crippen LogP contribution >= 0.6 is 23.4 Å². The quantitative estimate of drug-likeness (QED) is 0.315. The van der Waals surface area contributed by atoms with E-state index in [4.69, 9.17) is 11.6 Å². The summed E-state index contributed by atoms with van der Waals surface area (Å²) in [4.78, 5) is 21.3. The van der Waals surface area contributed by atoms with Crippen LogP contribution in [0.15, 0.2) is 66.1 Å². The molecule has 3 aromatic heterocycles. The molecule has 32 heavy (non-hydrogen) atoms. The molecule has 4 rings (SSSR count). The van der Waals surface area contributed by atoms with E-state index >= 15 is 0 Å². The molecule has 1 atom stereocenters. The lowest BCUT2D eigenvalue weighted by molar-refractivity contribution is -0.115. The Labute approximate surface area is 195 Å². The number of aromatic nitrogens is 5. The molecule has 162 valence electrons. The van der Waals surface area contributed by atoms with Gasteiger partial charge in [-0.2, -0.15) is 0 Å². The summed E-state index contributed by atoms with van der Waals surface area (Å²) >= 11 is 7.39. The fraction of sp³-hybridized carbons (Fsp3) is 0.174. The Morgan fingerprint density at radius 1 is 1.06 bits per heavy atom. The van der Waals surface area contributed by atoms with Crippen LogP contribution in [0.25, 0.3) is 17.2 Å². The lowest BCUT2D eigenvalue weighted by Gasteiger charge is -2.16. The molecule has 0 aliphatic rings. The van der Waals surface area contributed by atoms with E-state index in [-0.39, 0.29) is 11.1 Å². The fourth-order valence-electron chi connectivity index (χ4n) is 3.21. The molecule has 1 N–H and O–H groups in total. The molecule has 1 unspecified atom stereocenters. The minimum atomic E-state index is -0.462. The number of halogens is 1. The van der Waals surface area contributed by atoms with Crippen molar-refractivity contribution < 1.29 is 4.79 Å². The van der Waals surface area contributed by atoms with E-state index in [1.54, 1.807) is 24.5 Å². The third kappa shape index (κ3) is 4.66. The molecule has 0 saturated heterocycles. The Balaban J connectivity index is 1.69. The minimum absolute atomic E-state index is 0.209. The van der Waals surface area contributed by atoms with E-state index in [1.165, 1.54) is 11.8 Å². The number of aryl methyl sites for hydroxylation is 2. The van der Waals surface area contributed by atoms with E-state index in [1.807, 2.05) is 55.7 Å². The number of thioether (sulfide) groups is 1. The van der Waals surface area contributed by atoms with Gasteiger partial charge >= 0.3 is 0 Å². The van der Waals surface area contributed by atoms with Crippen molar-refractivity contribution in [3.8, 4) is 17.2 Å². The van der Waals surface area contributed by atoms with Crippen molar-refractivity contribution >= 4 is 35.0 Å². The number of carbonyl (C=O) groups is 1. The second-order valence-corrected chi connectivity index (χ2v) is 8.90. The Morgan fingerprint density at radius 3 is 2.59 bits per heavy atom. The van der Waals surface area contributed by atoms with Crippen molar-refractivity contribution in [3.05, 3.63) is 77.2 Å². The van der Waals surface area contributed by atoms with E-state index < -0.39 is 5.25 Å². The maximum absolute atomic E-state index is 12.8. The molecule has 7 nitrogen and oxygen atoms in total. The molecule has 0 saturated carbocycles. The van der Waals surface area contributed by atoms with Crippen molar-refractivity contribution in [1.82, 2.24) is 24.7 Å². The van der Waals surface area contributed by atoms with Crippen molar-refractivity contribution in [1.29, 1.82) is 0 Å². The number of benzene rings is 1. The van der Waals surface area contributed by atoms with Crippen LogP contribution in [0.2, 0.25) is 5.15 Å². The fourth-order valence-corrected chi connectivity index (χ4v) is 4.23. The van der Waals surface area contributed by atoms with Gasteiger partial charge in [0.25, 0.3) is 0 Å². The Hall–Kier alpha value is -3.23. The SMILES string of the molecule is Cc1ccc(-n2c(SC(C)C(=O)Nc3cccnc3Cl)nnc2-c2ccccn2)c(C)c1. The van der Waals surface area contributed by atoms with E-state index in [9.17, 15) is 4.79 Å². The second kappa shape index (κ2) is 9.50. The van der Waals surface area contributed by atoms with Gasteiger partial charge in [0, 0.05) is 12.4 Å². The molecule has 0 aliphatic heterocycles. The van der Waals surface area contributed by atoms with Crippen molar-refractivity contribution in [2.75, 3.05) is 5.32 Å². The third-order valence-electron chi connectivity index (χ3n) is 4.79. The van der Waals surface area contributed by atoms with Crippen LogP contribution in [0, 0.1) is 13.8 Å². The topological polar surface area (TPSA) is 85.6 Å². The zero-order valence-electron chi connectivity index (χ0n) is 17.8. The Kier molecular flexibility index (Phi) is 6.53. The average Bonchev–Trinajstić information content (AvgIpc) is 3.19. The van der Waals surface area contributed by atoms with Crippen LogP contribution in [-0.4, -0.2) is 35.9 Å². The number of hydrogen-bond donors (Lipinski definition) is 1. The summed E-state index contributed by atoms with van der Waals surface area (Å²) in [7, 11) is 0. The molecule has 1 aromatic carbocycles. The van der Waals surface area contributed by atoms with Gasteiger partial charge in [0.1, 0.15) is 5.69 Å². The van der Waals surface area contributed by atoms with Gasteiger partial charge in [-0.25, -0.2) is 4.98 Å². The van der Waals surface area contributed by atoms with Crippen LogP contribution in [0.3, 0.4) is 0 Å². The molecule has 3 heterocycles. The molecular formula is C23H21ClN6OS. The predicted molar refractivity (Wildman–Crippen MR) is 127 cm³/mol. The van der Waals surface area contributed by atoms with Gasteiger partial charge in [-0.05, 0) is 56.7 Å². The molecule has 0 radical (unpaired) electrons. The summed E-state index contributed by atoms with van der Waals surface area (Å²) in [6.07, 6.45) is 3.29. The molecule has 0 spiro atoms. The smallest absolute Gasteiger partial charge is 0.237 e. The second-order valence-electron chi connectivity index (χ2n) is 7.24. The van der Waals surface area contributed by atoms with Gasteiger partial charge in [-0.3, -0.25) is 14.3 Å². The van der Waals surface area contributed by atoms with Crippen LogP contribution in [0.1, 0.15) is 18.1 Å². The maximum Gasteiger partial charge on any atom is 0.237 e. The van der Waals surface area contributed by atoms with Crippen LogP contribution in [-0.2, 0) is 4.79 Å². The summed E-state index contributed by atoms with van der Waals surface area (Å²) < 4.78 is 1.95. The van der Waals surface area contributed by atoms with Crippen LogP contribution in [0.5, 0.6) is 0 Å². The van der Waals surface area contributed by atoms with E-state index in [0.717, 1.165) is 16.8 Å². The van der Waals surface area contributed by atoms with Gasteiger partial charge in [-0.1, -0.05) is 47.1 Å². The number of nitrogens with zero attached hydrogens (tertiary/aromatic N) is 5. The minimum Gasteiger partial charge on any atom is -0.322 e. The maximum atomic E-state index is 12.8. The lowest BCUT2D eigenvalue weighted by Crippen LogP contribution is -2.23. The number of hydrogen-bond acceptors (Lipinski definition) is 6. The third-order valence-corrected chi connectivity index (χ3v) is 6.13. The Bertz CT molecular complexity index is 1260. The van der Waals surface area contributed by atoms with E-state index in [0.29, 0.717) is 22.4 Å². The first-order valence-corrected chi connectivity index (χ1v) is 11.2. The molecule has 0 aliphatic carbocycles. The molecule has 9 heteroatoms. The number of anilines is 1. The highest BCUT2D eigenvalue weighted by atomic mass is 35.5. The summed E-state index contributed by atoms with van der Waals surface area (Å²) in [6.45, 7) is 5.90. The standard InChI is InChI=1S/C23H21ClN6OS/c1-14-9-10-19(15(2)13-14)30-21(18-7-4-5-11-25-18)28-29-23(30)32-16(3)22(31)27-17-8-6-12-26-20(17)24/h4-13,16H,1-3H3,(H,27,31). The first kappa shape index (κ1) is 22.0. The highest BCUT2D eigenvalue weighted by Gasteiger charge is 2.23. The first-order chi connectivity index (χ1) is 15.4. The van der Waals surface area contributed by atoms with Gasteiger partial charge in [-0.15, -0.1) is 10.2 Å². The van der Waals surface area contributed by atoms with Crippen molar-refractivity contribution in [2.24, 2.45) is 0 Å². The normalized spacial score (nSPS) is 11.9. The molecule has 0 bridgehead atoms. The number of pyridine rings is 2. The zero-order chi connectivity index (χ0) is 22.7. The van der Waals surface area contributed by atoms with Crippen molar-refractivity contribution in [3.63, 3.8) is 0 Å². The monoisotopic (exact) mass is 464 g/mol. The summed E-state index contributed by atoms with van der Waals surface area (Å²) in [5.74, 6) is 0.405. The molecular weight excluding hydrogens is 444 g/mol. The number of nitrogens with one attached hydrogen (secondary N) is 1. The predicted octanol–water partition coefficient (Wildman–Crippen LogP) is 5.11. The molecule has 1 amide bonds. The summed E-state index contributed by atoms with van der Waals surface area (Å²) in [5.41, 5.74) is 4.34. The highest BCUT2D eigenvalue weighted by molar-refractivity contribution is 8.00. The number of rotatable bonds is 6. The molecule has 4 aromatic rings. The van der Waals surface area contributed by atoms with Gasteiger partial charge < -0.3 is 5.32 Å². The zero-order valence-corrected chi connectivity index (χ0v) is 19.4. The highest BCUT2D eigenvalue weighted by Crippen LogP contribution is 2.31. The van der Waals surface area contributed by atoms with Crippen LogP contribution in [0.4, 0.5) is 5.69 Å². The number of amides is 1. The largest absolute Gasteiger partial charge is 0.322 e. The van der Waals surface area contributed by atoms with Gasteiger partial charge in [0.05, 0.1) is 16.6 Å². The number of carbonyl (C=O) groups excluding carboxylic acids is 1. The van der Waals surface area contributed by atoms with E-state index in [2.05, 4.69) is 31.5 Å². The molecule has 0 fully saturated rings. The van der Waals surface area contributed by atoms with Crippen LogP contribution < -0.4 is 5.32 Å². The summed E-state index contributed by atoms with van der Waals surface area (Å²) in [6, 6.07) is 15.3.